The van der Waals surface area contributed by atoms with Gasteiger partial charge in [0, 0.05) is 12.6 Å². The average Bonchev–Trinajstić information content (AvgIpc) is 2.44. The van der Waals surface area contributed by atoms with Crippen molar-refractivity contribution in [1.29, 1.82) is 0 Å². The highest BCUT2D eigenvalue weighted by atomic mass is 35.5. The van der Waals surface area contributed by atoms with E-state index in [2.05, 4.69) is 25.8 Å². The van der Waals surface area contributed by atoms with Crippen molar-refractivity contribution in [2.24, 2.45) is 11.7 Å². The van der Waals surface area contributed by atoms with Crippen molar-refractivity contribution < 1.29 is 9.47 Å². The molecule has 0 spiro atoms. The predicted octanol–water partition coefficient (Wildman–Crippen LogP) is 2.92. The number of fused-ring (bicyclic) bond motifs is 1. The molecule has 1 aliphatic rings. The van der Waals surface area contributed by atoms with Crippen LogP contribution in [0, 0.1) is 5.92 Å². The van der Waals surface area contributed by atoms with Crippen LogP contribution in [0.2, 0.25) is 5.02 Å². The molecule has 0 amide bonds. The van der Waals surface area contributed by atoms with Crippen LogP contribution in [-0.4, -0.2) is 37.7 Å². The van der Waals surface area contributed by atoms with E-state index in [9.17, 15) is 0 Å². The van der Waals surface area contributed by atoms with Gasteiger partial charge in [0.2, 0.25) is 0 Å². The highest BCUT2D eigenvalue weighted by Crippen LogP contribution is 2.38. The Kier molecular flexibility index (Phi) is 5.73. The van der Waals surface area contributed by atoms with Crippen LogP contribution in [0.1, 0.15) is 25.8 Å². The monoisotopic (exact) mass is 312 g/mol. The molecule has 21 heavy (non-hydrogen) atoms. The maximum atomic E-state index is 6.26. The van der Waals surface area contributed by atoms with E-state index in [0.717, 1.165) is 30.8 Å². The minimum atomic E-state index is 0.247. The van der Waals surface area contributed by atoms with Crippen LogP contribution >= 0.6 is 11.6 Å². The highest BCUT2D eigenvalue weighted by molar-refractivity contribution is 6.32. The highest BCUT2D eigenvalue weighted by Gasteiger charge is 2.17. The summed E-state index contributed by atoms with van der Waals surface area (Å²) in [5.41, 5.74) is 7.22. The predicted molar refractivity (Wildman–Crippen MR) is 86.2 cm³/mol. The quantitative estimate of drug-likeness (QED) is 0.877. The average molecular weight is 313 g/mol. The lowest BCUT2D eigenvalue weighted by Crippen LogP contribution is -2.31. The van der Waals surface area contributed by atoms with E-state index in [1.165, 1.54) is 0 Å². The summed E-state index contributed by atoms with van der Waals surface area (Å²) in [7, 11) is 2.09. The molecule has 1 atom stereocenters. The normalized spacial score (nSPS) is 15.6. The summed E-state index contributed by atoms with van der Waals surface area (Å²) in [4.78, 5) is 2.25. The Labute approximate surface area is 132 Å². The number of halogens is 1. The largest absolute Gasteiger partial charge is 0.486 e. The molecule has 4 nitrogen and oxygen atoms in total. The third-order valence-corrected chi connectivity index (χ3v) is 4.09. The van der Waals surface area contributed by atoms with E-state index in [-0.39, 0.29) is 6.04 Å². The standard InChI is InChI=1S/C16H25ClN2O2/c1-11(2)14(18)4-5-19(3)10-12-8-13(17)16-15(9-12)20-6-7-21-16/h8-9,11,14H,4-7,10,18H2,1-3H3. The molecular weight excluding hydrogens is 288 g/mol. The molecule has 2 rings (SSSR count). The van der Waals surface area contributed by atoms with Crippen molar-refractivity contribution in [3.05, 3.63) is 22.7 Å². The third kappa shape index (κ3) is 4.50. The Bertz CT molecular complexity index is 480. The van der Waals surface area contributed by atoms with Gasteiger partial charge in [0.15, 0.2) is 11.5 Å². The van der Waals surface area contributed by atoms with Crippen LogP contribution in [0.5, 0.6) is 11.5 Å². The van der Waals surface area contributed by atoms with Gasteiger partial charge in [0.1, 0.15) is 13.2 Å². The minimum Gasteiger partial charge on any atom is -0.486 e. The second kappa shape index (κ2) is 7.34. The van der Waals surface area contributed by atoms with Gasteiger partial charge in [-0.3, -0.25) is 0 Å². The zero-order valence-electron chi connectivity index (χ0n) is 13.1. The Hall–Kier alpha value is -0.970. The van der Waals surface area contributed by atoms with Crippen LogP contribution in [-0.2, 0) is 6.54 Å². The maximum absolute atomic E-state index is 6.26. The molecule has 0 saturated heterocycles. The molecule has 0 fully saturated rings. The third-order valence-electron chi connectivity index (χ3n) is 3.81. The molecule has 5 heteroatoms. The van der Waals surface area contributed by atoms with Crippen LogP contribution < -0.4 is 15.2 Å². The van der Waals surface area contributed by atoms with Crippen molar-refractivity contribution in [3.63, 3.8) is 0 Å². The second-order valence-corrected chi connectivity index (χ2v) is 6.44. The van der Waals surface area contributed by atoms with Gasteiger partial charge in [-0.2, -0.15) is 0 Å². The second-order valence-electron chi connectivity index (χ2n) is 6.04. The van der Waals surface area contributed by atoms with Gasteiger partial charge in [0.25, 0.3) is 0 Å². The summed E-state index contributed by atoms with van der Waals surface area (Å²) in [6.07, 6.45) is 0.993. The topological polar surface area (TPSA) is 47.7 Å². The van der Waals surface area contributed by atoms with E-state index < -0.39 is 0 Å². The summed E-state index contributed by atoms with van der Waals surface area (Å²) in [5, 5.41) is 0.620. The van der Waals surface area contributed by atoms with E-state index in [0.29, 0.717) is 29.9 Å². The van der Waals surface area contributed by atoms with Crippen LogP contribution in [0.15, 0.2) is 12.1 Å². The van der Waals surface area contributed by atoms with Crippen LogP contribution in [0.4, 0.5) is 0 Å². The summed E-state index contributed by atoms with van der Waals surface area (Å²) in [6, 6.07) is 4.21. The Morgan fingerprint density at radius 1 is 1.29 bits per heavy atom. The number of benzene rings is 1. The smallest absolute Gasteiger partial charge is 0.179 e. The van der Waals surface area contributed by atoms with Crippen molar-refractivity contribution in [1.82, 2.24) is 4.90 Å². The number of nitrogens with two attached hydrogens (primary N) is 1. The van der Waals surface area contributed by atoms with Gasteiger partial charge < -0.3 is 20.1 Å². The van der Waals surface area contributed by atoms with Gasteiger partial charge in [-0.15, -0.1) is 0 Å². The molecule has 1 unspecified atom stereocenters. The molecule has 2 N–H and O–H groups in total. The number of hydrogen-bond acceptors (Lipinski definition) is 4. The molecule has 1 aromatic rings. The Morgan fingerprint density at radius 2 is 2.00 bits per heavy atom. The van der Waals surface area contributed by atoms with Crippen LogP contribution in [0.3, 0.4) is 0 Å². The van der Waals surface area contributed by atoms with E-state index in [1.807, 2.05) is 12.1 Å². The summed E-state index contributed by atoms with van der Waals surface area (Å²) in [5.74, 6) is 1.93. The van der Waals surface area contributed by atoms with Crippen molar-refractivity contribution >= 4 is 11.6 Å². The summed E-state index contributed by atoms with van der Waals surface area (Å²) in [6.45, 7) is 7.23. The fourth-order valence-electron chi connectivity index (χ4n) is 2.35. The van der Waals surface area contributed by atoms with Crippen molar-refractivity contribution in [2.45, 2.75) is 32.9 Å². The van der Waals surface area contributed by atoms with Crippen LogP contribution in [0.25, 0.3) is 0 Å². The van der Waals surface area contributed by atoms with Gasteiger partial charge in [-0.25, -0.2) is 0 Å². The molecule has 1 heterocycles. The first-order valence-corrected chi connectivity index (χ1v) is 7.87. The Balaban J connectivity index is 1.95. The molecule has 118 valence electrons. The van der Waals surface area contributed by atoms with Crippen molar-refractivity contribution in [3.8, 4) is 11.5 Å². The number of ether oxygens (including phenoxy) is 2. The van der Waals surface area contributed by atoms with E-state index in [1.54, 1.807) is 0 Å². The summed E-state index contributed by atoms with van der Waals surface area (Å²) >= 11 is 6.26. The molecule has 0 radical (unpaired) electrons. The SMILES string of the molecule is CC(C)C(N)CCN(C)Cc1cc(Cl)c2c(c1)OCCO2. The lowest BCUT2D eigenvalue weighted by Gasteiger charge is -2.23. The lowest BCUT2D eigenvalue weighted by atomic mass is 10.0. The van der Waals surface area contributed by atoms with Gasteiger partial charge in [0.05, 0.1) is 5.02 Å². The zero-order chi connectivity index (χ0) is 15.4. The molecule has 1 aliphatic heterocycles. The maximum Gasteiger partial charge on any atom is 0.179 e. The molecule has 0 aromatic heterocycles. The Morgan fingerprint density at radius 3 is 2.71 bits per heavy atom. The van der Waals surface area contributed by atoms with E-state index in [4.69, 9.17) is 26.8 Å². The molecule has 1 aromatic carbocycles. The number of hydrogen-bond donors (Lipinski definition) is 1. The van der Waals surface area contributed by atoms with Gasteiger partial charge in [-0.05, 0) is 43.6 Å². The molecule has 0 aliphatic carbocycles. The van der Waals surface area contributed by atoms with Gasteiger partial charge >= 0.3 is 0 Å². The van der Waals surface area contributed by atoms with Crippen molar-refractivity contribution in [2.75, 3.05) is 26.8 Å². The molecule has 0 bridgehead atoms. The number of nitrogens with zero attached hydrogens (tertiary/aromatic N) is 1. The van der Waals surface area contributed by atoms with E-state index >= 15 is 0 Å². The van der Waals surface area contributed by atoms with Gasteiger partial charge in [-0.1, -0.05) is 25.4 Å². The first-order valence-electron chi connectivity index (χ1n) is 7.49. The fourth-order valence-corrected chi connectivity index (χ4v) is 2.64. The minimum absolute atomic E-state index is 0.247. The zero-order valence-corrected chi connectivity index (χ0v) is 13.8. The first-order chi connectivity index (χ1) is 9.97. The lowest BCUT2D eigenvalue weighted by molar-refractivity contribution is 0.171. The summed E-state index contributed by atoms with van der Waals surface area (Å²) < 4.78 is 11.1. The first kappa shape index (κ1) is 16.4. The molecule has 0 saturated carbocycles. The fraction of sp³-hybridized carbons (Fsp3) is 0.625. The number of rotatable bonds is 6. The molecular formula is C16H25ClN2O2.